The van der Waals surface area contributed by atoms with Crippen molar-refractivity contribution < 1.29 is 40.6 Å². The lowest BCUT2D eigenvalue weighted by atomic mass is 9.76. The number of ether oxygens (including phenoxy) is 3. The van der Waals surface area contributed by atoms with Crippen molar-refractivity contribution in [3.63, 3.8) is 0 Å². The van der Waals surface area contributed by atoms with Crippen LogP contribution in [0.25, 0.3) is 11.1 Å². The summed E-state index contributed by atoms with van der Waals surface area (Å²) in [5.41, 5.74) is -0.912. The van der Waals surface area contributed by atoms with Crippen LogP contribution >= 0.6 is 0 Å². The SMILES string of the molecule is CC1CCC(C2COC(C3CCC(C(F)(F)Oc4cc(F)c(-c5ccc(F)c(F)c5)c(F)c4)CC3)OC2)CC1. The lowest BCUT2D eigenvalue weighted by Crippen LogP contribution is -2.43. The summed E-state index contributed by atoms with van der Waals surface area (Å²) in [6.07, 6.45) is 2.08. The third-order valence-electron chi connectivity index (χ3n) is 8.79. The standard InChI is InChI=1S/C30H34F6O3/c1-17-2-4-18(5-3-17)21-15-37-29(38-16-21)19-6-9-22(10-7-19)30(35,36)39-23-13-26(33)28(27(34)14-23)20-8-11-24(31)25(32)12-20/h8,11-14,17-19,21-22,29H,2-7,9-10,15-16H2,1H3. The molecule has 0 bridgehead atoms. The quantitative estimate of drug-likeness (QED) is 0.334. The smallest absolute Gasteiger partial charge is 0.400 e. The molecule has 1 saturated heterocycles. The zero-order chi connectivity index (χ0) is 27.7. The van der Waals surface area contributed by atoms with E-state index < -0.39 is 52.9 Å². The van der Waals surface area contributed by atoms with Gasteiger partial charge in [-0.25, -0.2) is 17.6 Å². The zero-order valence-corrected chi connectivity index (χ0v) is 21.9. The average Bonchev–Trinajstić information content (AvgIpc) is 2.91. The maximum atomic E-state index is 15.0. The second kappa shape index (κ2) is 11.7. The highest BCUT2D eigenvalue weighted by molar-refractivity contribution is 5.66. The van der Waals surface area contributed by atoms with Crippen LogP contribution < -0.4 is 4.74 Å². The third kappa shape index (κ3) is 6.40. The Labute approximate surface area is 224 Å². The van der Waals surface area contributed by atoms with Crippen LogP contribution in [-0.4, -0.2) is 25.6 Å². The van der Waals surface area contributed by atoms with E-state index in [1.165, 1.54) is 25.7 Å². The third-order valence-corrected chi connectivity index (χ3v) is 8.79. The van der Waals surface area contributed by atoms with Gasteiger partial charge in [0.1, 0.15) is 17.4 Å². The van der Waals surface area contributed by atoms with Crippen molar-refractivity contribution in [1.82, 2.24) is 0 Å². The normalized spacial score (nSPS) is 30.2. The van der Waals surface area contributed by atoms with Gasteiger partial charge < -0.3 is 14.2 Å². The van der Waals surface area contributed by atoms with Crippen LogP contribution in [0.1, 0.15) is 58.3 Å². The topological polar surface area (TPSA) is 27.7 Å². The molecular formula is C30H34F6O3. The van der Waals surface area contributed by atoms with Gasteiger partial charge in [0.05, 0.1) is 24.7 Å². The number of rotatable bonds is 6. The highest BCUT2D eigenvalue weighted by atomic mass is 19.3. The molecule has 0 N–H and O–H groups in total. The van der Waals surface area contributed by atoms with E-state index in [0.29, 0.717) is 56.1 Å². The number of hydrogen-bond acceptors (Lipinski definition) is 3. The Bertz CT molecular complexity index is 1110. The van der Waals surface area contributed by atoms with Crippen molar-refractivity contribution in [2.75, 3.05) is 13.2 Å². The van der Waals surface area contributed by atoms with Gasteiger partial charge in [0.25, 0.3) is 0 Å². The van der Waals surface area contributed by atoms with Crippen molar-refractivity contribution >= 4 is 0 Å². The highest BCUT2D eigenvalue weighted by Gasteiger charge is 2.46. The first-order chi connectivity index (χ1) is 18.6. The van der Waals surface area contributed by atoms with E-state index in [1.807, 2.05) is 0 Å². The van der Waals surface area contributed by atoms with E-state index in [-0.39, 0.29) is 24.3 Å². The number of hydrogen-bond donors (Lipinski definition) is 0. The molecule has 0 radical (unpaired) electrons. The van der Waals surface area contributed by atoms with Gasteiger partial charge >= 0.3 is 6.11 Å². The molecule has 5 rings (SSSR count). The molecule has 39 heavy (non-hydrogen) atoms. The van der Waals surface area contributed by atoms with Gasteiger partial charge in [0.2, 0.25) is 0 Å². The Kier molecular flexibility index (Phi) is 8.48. The molecule has 0 spiro atoms. The van der Waals surface area contributed by atoms with Gasteiger partial charge in [-0.2, -0.15) is 8.78 Å². The molecule has 9 heteroatoms. The highest BCUT2D eigenvalue weighted by Crippen LogP contribution is 2.43. The Morgan fingerprint density at radius 1 is 0.692 bits per heavy atom. The first kappa shape index (κ1) is 28.3. The predicted octanol–water partition coefficient (Wildman–Crippen LogP) is 8.50. The van der Waals surface area contributed by atoms with Crippen LogP contribution in [0.5, 0.6) is 5.75 Å². The van der Waals surface area contributed by atoms with Gasteiger partial charge in [-0.15, -0.1) is 0 Å². The summed E-state index contributed by atoms with van der Waals surface area (Å²) in [6, 6.07) is 3.64. The summed E-state index contributed by atoms with van der Waals surface area (Å²) in [5.74, 6) is -4.91. The van der Waals surface area contributed by atoms with Crippen LogP contribution in [0.2, 0.25) is 0 Å². The van der Waals surface area contributed by atoms with E-state index in [4.69, 9.17) is 14.2 Å². The number of alkyl halides is 2. The number of halogens is 6. The van der Waals surface area contributed by atoms with Crippen LogP contribution in [0.15, 0.2) is 30.3 Å². The van der Waals surface area contributed by atoms with E-state index >= 15 is 8.78 Å². The van der Waals surface area contributed by atoms with Gasteiger partial charge in [-0.1, -0.05) is 25.8 Å². The van der Waals surface area contributed by atoms with Gasteiger partial charge in [0.15, 0.2) is 17.9 Å². The molecule has 214 valence electrons. The first-order valence-electron chi connectivity index (χ1n) is 13.8. The fourth-order valence-corrected chi connectivity index (χ4v) is 6.34. The van der Waals surface area contributed by atoms with Gasteiger partial charge in [0, 0.05) is 24.0 Å². The minimum Gasteiger partial charge on any atom is -0.432 e. The molecule has 0 aromatic heterocycles. The molecule has 0 unspecified atom stereocenters. The number of benzene rings is 2. The lowest BCUT2D eigenvalue weighted by Gasteiger charge is -2.41. The van der Waals surface area contributed by atoms with Crippen molar-refractivity contribution in [1.29, 1.82) is 0 Å². The summed E-state index contributed by atoms with van der Waals surface area (Å²) in [4.78, 5) is 0. The van der Waals surface area contributed by atoms with E-state index in [0.717, 1.165) is 18.1 Å². The molecule has 2 aliphatic carbocycles. The summed E-state index contributed by atoms with van der Waals surface area (Å²) >= 11 is 0. The van der Waals surface area contributed by atoms with Gasteiger partial charge in [-0.05, 0) is 68.1 Å². The fourth-order valence-electron chi connectivity index (χ4n) is 6.34. The van der Waals surface area contributed by atoms with Crippen LogP contribution in [0.3, 0.4) is 0 Å². The summed E-state index contributed by atoms with van der Waals surface area (Å²) in [7, 11) is 0. The van der Waals surface area contributed by atoms with Crippen molar-refractivity contribution in [2.45, 2.75) is 70.7 Å². The molecule has 1 heterocycles. The molecule has 0 amide bonds. The first-order valence-corrected chi connectivity index (χ1v) is 13.8. The Morgan fingerprint density at radius 3 is 1.87 bits per heavy atom. The van der Waals surface area contributed by atoms with Crippen LogP contribution in [0, 0.1) is 52.9 Å². The van der Waals surface area contributed by atoms with E-state index in [9.17, 15) is 17.6 Å². The van der Waals surface area contributed by atoms with Crippen molar-refractivity contribution in [2.24, 2.45) is 29.6 Å². The Morgan fingerprint density at radius 2 is 1.28 bits per heavy atom. The molecule has 1 aliphatic heterocycles. The molecule has 3 aliphatic rings. The molecule has 2 aromatic carbocycles. The maximum absolute atomic E-state index is 15.0. The van der Waals surface area contributed by atoms with Crippen LogP contribution in [-0.2, 0) is 9.47 Å². The summed E-state index contributed by atoms with van der Waals surface area (Å²) in [5, 5.41) is 0. The Hall–Kier alpha value is -2.26. The fraction of sp³-hybridized carbons (Fsp3) is 0.600. The van der Waals surface area contributed by atoms with Gasteiger partial charge in [-0.3, -0.25) is 0 Å². The second-order valence-corrected chi connectivity index (χ2v) is 11.5. The second-order valence-electron chi connectivity index (χ2n) is 11.5. The molecule has 2 saturated carbocycles. The molecule has 0 atom stereocenters. The minimum atomic E-state index is -3.65. The van der Waals surface area contributed by atoms with Crippen molar-refractivity contribution in [3.05, 3.63) is 53.6 Å². The monoisotopic (exact) mass is 556 g/mol. The lowest BCUT2D eigenvalue weighted by molar-refractivity contribution is -0.251. The largest absolute Gasteiger partial charge is 0.432 e. The van der Waals surface area contributed by atoms with Crippen LogP contribution in [0.4, 0.5) is 26.3 Å². The van der Waals surface area contributed by atoms with E-state index in [2.05, 4.69) is 6.92 Å². The average molecular weight is 557 g/mol. The predicted molar refractivity (Wildman–Crippen MR) is 133 cm³/mol. The molecule has 3 fully saturated rings. The van der Waals surface area contributed by atoms with E-state index in [1.54, 1.807) is 0 Å². The molecule has 3 nitrogen and oxygen atoms in total. The van der Waals surface area contributed by atoms with Crippen molar-refractivity contribution in [3.8, 4) is 16.9 Å². The minimum absolute atomic E-state index is 0.00894. The maximum Gasteiger partial charge on any atom is 0.400 e. The summed E-state index contributed by atoms with van der Waals surface area (Å²) < 4.78 is 103. The molecular weight excluding hydrogens is 522 g/mol. The molecule has 2 aromatic rings. The Balaban J connectivity index is 1.15. The zero-order valence-electron chi connectivity index (χ0n) is 21.9. The summed E-state index contributed by atoms with van der Waals surface area (Å²) in [6.45, 7) is 3.57.